The maximum absolute atomic E-state index is 12.8. The molecule has 8 unspecified atom stereocenters. The van der Waals surface area contributed by atoms with E-state index in [0.717, 1.165) is 35.9 Å². The number of carboxylic acid groups (broad SMARTS) is 1. The Morgan fingerprint density at radius 1 is 1.05 bits per heavy atom. The summed E-state index contributed by atoms with van der Waals surface area (Å²) in [6, 6.07) is 0. The van der Waals surface area contributed by atoms with Crippen LogP contribution in [0.25, 0.3) is 11.2 Å². The van der Waals surface area contributed by atoms with Gasteiger partial charge in [-0.25, -0.2) is 28.6 Å². The SMILES string of the molecule is CC(O)(O)CC(CC(=O)O)SCCNC(=O)CCNC(=O)C(O)C(C)(C)COP(=O)(O)OP(=O)(O)OCC1OC(C)(n2cnc3c(N)ncnc32)C(O)C1OP(=O)(O)O. The number of nitrogens with zero attached hydrogens (tertiary/aromatic N) is 4. The molecular weight excluding hydrogens is 879 g/mol. The standard InChI is InChI=1S/C28H48N7O20P3S/c1-26(2,22(40)25(41)31-6-5-17(36)30-7-8-59-15(9-18(37)38)10-27(3,42)43)12-52-58(49,50)55-57(47,48)51-11-16-20(54-56(44,45)46)21(39)28(4,53-16)35-14-34-19-23(29)32-13-33-24(19)35/h13-16,20-22,39-40,42-43H,5-12H2,1-4H3,(H,30,36)(H,31,41)(H,37,38)(H,47,48)(H,49,50)(H2,29,32,33)(H2,44,45,46). The lowest BCUT2D eigenvalue weighted by Crippen LogP contribution is -2.46. The number of nitrogens with one attached hydrogen (secondary N) is 2. The quantitative estimate of drug-likeness (QED) is 0.0315. The van der Waals surface area contributed by atoms with Crippen molar-refractivity contribution in [3.63, 3.8) is 0 Å². The van der Waals surface area contributed by atoms with E-state index in [2.05, 4.69) is 29.9 Å². The first-order chi connectivity index (χ1) is 27.0. The maximum Gasteiger partial charge on any atom is 0.481 e. The summed E-state index contributed by atoms with van der Waals surface area (Å²) in [6.45, 7) is 2.50. The average molecular weight is 928 g/mol. The van der Waals surface area contributed by atoms with Crippen molar-refractivity contribution in [3.05, 3.63) is 12.7 Å². The number of fused-ring (bicyclic) bond motifs is 1. The molecule has 0 radical (unpaired) electrons. The molecule has 3 heterocycles. The molecule has 0 saturated carbocycles. The van der Waals surface area contributed by atoms with Gasteiger partial charge < -0.3 is 66.2 Å². The van der Waals surface area contributed by atoms with E-state index in [1.165, 1.54) is 20.8 Å². The highest BCUT2D eigenvalue weighted by molar-refractivity contribution is 7.99. The van der Waals surface area contributed by atoms with Crippen molar-refractivity contribution in [1.29, 1.82) is 0 Å². The van der Waals surface area contributed by atoms with Crippen molar-refractivity contribution >= 4 is 70.0 Å². The minimum atomic E-state index is -5.62. The van der Waals surface area contributed by atoms with Crippen molar-refractivity contribution < 1.29 is 95.8 Å². The van der Waals surface area contributed by atoms with E-state index < -0.39 is 101 Å². The Kier molecular flexibility index (Phi) is 17.1. The summed E-state index contributed by atoms with van der Waals surface area (Å²) in [5.41, 5.74) is 2.21. The van der Waals surface area contributed by atoms with E-state index in [1.54, 1.807) is 0 Å². The number of thioether (sulfide) groups is 1. The molecule has 27 nitrogen and oxygen atoms in total. The molecular formula is C28H48N7O20P3S. The molecule has 336 valence electrons. The van der Waals surface area contributed by atoms with Gasteiger partial charge in [0.05, 0.1) is 26.0 Å². The van der Waals surface area contributed by atoms with Crippen LogP contribution in [0.5, 0.6) is 0 Å². The largest absolute Gasteiger partial charge is 0.481 e. The Labute approximate surface area is 339 Å². The van der Waals surface area contributed by atoms with Crippen molar-refractivity contribution in [3.8, 4) is 0 Å². The molecule has 1 saturated heterocycles. The van der Waals surface area contributed by atoms with E-state index in [9.17, 15) is 68.1 Å². The summed E-state index contributed by atoms with van der Waals surface area (Å²) >= 11 is 1.11. The summed E-state index contributed by atoms with van der Waals surface area (Å²) in [5, 5.41) is 54.0. The van der Waals surface area contributed by atoms with E-state index in [-0.39, 0.29) is 55.1 Å². The van der Waals surface area contributed by atoms with Gasteiger partial charge in [0.25, 0.3) is 0 Å². The highest BCUT2D eigenvalue weighted by atomic mass is 32.2. The molecule has 8 atom stereocenters. The van der Waals surface area contributed by atoms with Gasteiger partial charge in [0.1, 0.15) is 36.3 Å². The van der Waals surface area contributed by atoms with Crippen LogP contribution in [0.15, 0.2) is 12.7 Å². The first-order valence-electron chi connectivity index (χ1n) is 17.2. The second-order valence-electron chi connectivity index (χ2n) is 14.1. The number of anilines is 1. The number of aliphatic hydroxyl groups is 4. The number of nitrogen functional groups attached to an aromatic ring is 1. The lowest BCUT2D eigenvalue weighted by Gasteiger charge is -2.30. The molecule has 0 spiro atoms. The first kappa shape index (κ1) is 50.6. The number of imidazole rings is 1. The van der Waals surface area contributed by atoms with Crippen molar-refractivity contribution in [2.75, 3.05) is 37.8 Å². The average Bonchev–Trinajstić information content (AvgIpc) is 3.63. The second-order valence-corrected chi connectivity index (χ2v) is 19.8. The summed E-state index contributed by atoms with van der Waals surface area (Å²) < 4.78 is 62.6. The van der Waals surface area contributed by atoms with Gasteiger partial charge in [-0.3, -0.25) is 32.5 Å². The maximum atomic E-state index is 12.8. The highest BCUT2D eigenvalue weighted by Gasteiger charge is 2.57. The van der Waals surface area contributed by atoms with Gasteiger partial charge in [-0.2, -0.15) is 16.1 Å². The van der Waals surface area contributed by atoms with Crippen LogP contribution < -0.4 is 16.4 Å². The molecule has 1 fully saturated rings. The molecule has 59 heavy (non-hydrogen) atoms. The third-order valence-electron chi connectivity index (χ3n) is 8.36. The molecule has 0 bridgehead atoms. The Bertz CT molecular complexity index is 1950. The molecule has 2 amide bonds. The fourth-order valence-corrected chi connectivity index (χ4v) is 9.55. The van der Waals surface area contributed by atoms with Crippen LogP contribution in [0.4, 0.5) is 5.82 Å². The Morgan fingerprint density at radius 2 is 1.69 bits per heavy atom. The van der Waals surface area contributed by atoms with Crippen LogP contribution in [-0.4, -0.2) is 150 Å². The van der Waals surface area contributed by atoms with Crippen molar-refractivity contribution in [2.45, 2.75) is 88.1 Å². The highest BCUT2D eigenvalue weighted by Crippen LogP contribution is 2.61. The topological polar surface area (TPSA) is 424 Å². The van der Waals surface area contributed by atoms with Crippen LogP contribution in [0, 0.1) is 5.41 Å². The molecule has 3 rings (SSSR count). The number of carbonyl (C=O) groups excluding carboxylic acids is 2. The number of nitrogens with two attached hydrogens (primary N) is 1. The van der Waals surface area contributed by atoms with E-state index in [1.807, 2.05) is 0 Å². The number of amides is 2. The smallest absolute Gasteiger partial charge is 0.481 e. The Hall–Kier alpha value is -2.72. The van der Waals surface area contributed by atoms with Gasteiger partial charge in [-0.1, -0.05) is 13.8 Å². The van der Waals surface area contributed by atoms with Gasteiger partial charge in [-0.05, 0) is 13.8 Å². The van der Waals surface area contributed by atoms with Crippen LogP contribution in [0.2, 0.25) is 0 Å². The first-order valence-corrected chi connectivity index (χ1v) is 22.7. The van der Waals surface area contributed by atoms with E-state index >= 15 is 0 Å². The van der Waals surface area contributed by atoms with Crippen molar-refractivity contribution in [1.82, 2.24) is 30.2 Å². The number of hydrogen-bond donors (Lipinski definition) is 12. The number of carbonyl (C=O) groups is 3. The van der Waals surface area contributed by atoms with Gasteiger partial charge >= 0.3 is 29.4 Å². The van der Waals surface area contributed by atoms with Crippen LogP contribution in [-0.2, 0) is 56.4 Å². The van der Waals surface area contributed by atoms with E-state index in [4.69, 9.17) is 29.1 Å². The monoisotopic (exact) mass is 927 g/mol. The van der Waals surface area contributed by atoms with Gasteiger partial charge in [-0.15, -0.1) is 0 Å². The zero-order valence-electron chi connectivity index (χ0n) is 31.8. The van der Waals surface area contributed by atoms with Gasteiger partial charge in [0.2, 0.25) is 11.8 Å². The minimum absolute atomic E-state index is 0.00460. The predicted molar refractivity (Wildman–Crippen MR) is 200 cm³/mol. The minimum Gasteiger partial charge on any atom is -0.481 e. The normalized spacial score (nSPS) is 23.3. The third-order valence-corrected chi connectivity index (χ3v) is 12.7. The third kappa shape index (κ3) is 15.3. The predicted octanol–water partition coefficient (Wildman–Crippen LogP) is -1.75. The number of rotatable bonds is 24. The second kappa shape index (κ2) is 20.0. The molecule has 0 aliphatic carbocycles. The molecule has 2 aromatic heterocycles. The summed E-state index contributed by atoms with van der Waals surface area (Å²) in [6.07, 6.45) is -6.27. The number of aliphatic hydroxyl groups excluding tert-OH is 2. The fraction of sp³-hybridized carbons (Fsp3) is 0.714. The number of phosphoric ester groups is 3. The summed E-state index contributed by atoms with van der Waals surface area (Å²) in [7, 11) is -16.5. The molecule has 1 aliphatic rings. The zero-order chi connectivity index (χ0) is 44.8. The Balaban J connectivity index is 1.51. The summed E-state index contributed by atoms with van der Waals surface area (Å²) in [5.74, 6) is -4.60. The molecule has 0 aromatic carbocycles. The number of aliphatic carboxylic acids is 1. The molecule has 31 heteroatoms. The molecule has 1 aliphatic heterocycles. The van der Waals surface area contributed by atoms with Crippen LogP contribution in [0.3, 0.4) is 0 Å². The van der Waals surface area contributed by atoms with Crippen LogP contribution in [0.1, 0.15) is 47.0 Å². The van der Waals surface area contributed by atoms with E-state index in [0.29, 0.717) is 0 Å². The molecule has 13 N–H and O–H groups in total. The molecule has 2 aromatic rings. The number of hydrogen-bond acceptors (Lipinski definition) is 20. The fourth-order valence-electron chi connectivity index (χ4n) is 5.48. The number of ether oxygens (including phenoxy) is 1. The number of carboxylic acids is 1. The zero-order valence-corrected chi connectivity index (χ0v) is 35.3. The Morgan fingerprint density at radius 3 is 2.31 bits per heavy atom. The van der Waals surface area contributed by atoms with Crippen LogP contribution >= 0.6 is 35.2 Å². The van der Waals surface area contributed by atoms with Gasteiger partial charge in [0.15, 0.2) is 23.0 Å². The number of aromatic nitrogens is 4. The van der Waals surface area contributed by atoms with Gasteiger partial charge in [0, 0.05) is 42.3 Å². The lowest BCUT2D eigenvalue weighted by atomic mass is 9.87. The number of phosphoric acid groups is 3. The summed E-state index contributed by atoms with van der Waals surface area (Å²) in [4.78, 5) is 87.1. The van der Waals surface area contributed by atoms with Crippen molar-refractivity contribution in [2.24, 2.45) is 5.41 Å². The lowest BCUT2D eigenvalue weighted by molar-refractivity contribution is -0.151.